The van der Waals surface area contributed by atoms with Crippen molar-refractivity contribution in [2.75, 3.05) is 10.6 Å². The second kappa shape index (κ2) is 8.79. The van der Waals surface area contributed by atoms with Crippen LogP contribution in [0.1, 0.15) is 17.0 Å². The maximum absolute atomic E-state index is 12.6. The summed E-state index contributed by atoms with van der Waals surface area (Å²) in [5, 5.41) is 10.8. The van der Waals surface area contributed by atoms with Gasteiger partial charge in [-0.2, -0.15) is 13.9 Å². The molecule has 0 radical (unpaired) electrons. The lowest BCUT2D eigenvalue weighted by Gasteiger charge is -2.14. The monoisotopic (exact) mass is 402 g/mol. The highest BCUT2D eigenvalue weighted by Crippen LogP contribution is 2.26. The van der Waals surface area contributed by atoms with E-state index in [1.807, 2.05) is 48.9 Å². The number of hydrogen-bond acceptors (Lipinski definition) is 3. The van der Waals surface area contributed by atoms with Crippen LogP contribution in [0.3, 0.4) is 0 Å². The standard InChI is InChI=1S/C20H20F2N4OS/c1-13-18(14(2)26(25-13)12-15-8-4-3-5-9-15)24-20(28)23-16-10-6-7-11-17(16)27-19(21)22/h3-11,19H,12H2,1-2H3,(H2,23,24,28). The molecule has 0 saturated carbocycles. The number of aromatic nitrogens is 2. The van der Waals surface area contributed by atoms with Crippen molar-refractivity contribution in [1.29, 1.82) is 0 Å². The normalized spacial score (nSPS) is 10.8. The molecule has 0 saturated heterocycles. The molecule has 0 fully saturated rings. The Hall–Kier alpha value is -3.00. The van der Waals surface area contributed by atoms with E-state index in [4.69, 9.17) is 12.2 Å². The van der Waals surface area contributed by atoms with Crippen molar-refractivity contribution in [1.82, 2.24) is 9.78 Å². The Morgan fingerprint density at radius 1 is 1.07 bits per heavy atom. The molecule has 2 aromatic carbocycles. The Morgan fingerprint density at radius 2 is 1.75 bits per heavy atom. The molecule has 2 N–H and O–H groups in total. The Morgan fingerprint density at radius 3 is 2.46 bits per heavy atom. The molecular weight excluding hydrogens is 382 g/mol. The van der Waals surface area contributed by atoms with Gasteiger partial charge >= 0.3 is 6.61 Å². The molecule has 0 amide bonds. The molecule has 3 rings (SSSR count). The lowest BCUT2D eigenvalue weighted by atomic mass is 10.2. The number of ether oxygens (including phenoxy) is 1. The molecule has 0 spiro atoms. The molecule has 1 aromatic heterocycles. The van der Waals surface area contributed by atoms with Crippen molar-refractivity contribution in [3.63, 3.8) is 0 Å². The van der Waals surface area contributed by atoms with Gasteiger partial charge in [0.25, 0.3) is 0 Å². The summed E-state index contributed by atoms with van der Waals surface area (Å²) in [6.45, 7) is 1.56. The zero-order chi connectivity index (χ0) is 20.1. The minimum Gasteiger partial charge on any atom is -0.433 e. The van der Waals surface area contributed by atoms with Gasteiger partial charge in [-0.05, 0) is 43.8 Å². The number of rotatable bonds is 6. The van der Waals surface area contributed by atoms with Crippen molar-refractivity contribution < 1.29 is 13.5 Å². The van der Waals surface area contributed by atoms with Crippen molar-refractivity contribution >= 4 is 28.7 Å². The summed E-state index contributed by atoms with van der Waals surface area (Å²) in [6, 6.07) is 16.4. The number of anilines is 2. The van der Waals surface area contributed by atoms with Gasteiger partial charge < -0.3 is 15.4 Å². The zero-order valence-electron chi connectivity index (χ0n) is 15.4. The SMILES string of the molecule is Cc1nn(Cc2ccccc2)c(C)c1NC(=S)Nc1ccccc1OC(F)F. The summed E-state index contributed by atoms with van der Waals surface area (Å²) in [4.78, 5) is 0. The van der Waals surface area contributed by atoms with Crippen molar-refractivity contribution in [3.05, 3.63) is 71.5 Å². The van der Waals surface area contributed by atoms with E-state index in [1.165, 1.54) is 6.07 Å². The quantitative estimate of drug-likeness (QED) is 0.571. The molecule has 0 unspecified atom stereocenters. The van der Waals surface area contributed by atoms with Crippen LogP contribution in [0.2, 0.25) is 0 Å². The van der Waals surface area contributed by atoms with Crippen LogP contribution in [0.25, 0.3) is 0 Å². The first-order valence-electron chi connectivity index (χ1n) is 8.64. The first-order valence-corrected chi connectivity index (χ1v) is 9.04. The number of hydrogen-bond donors (Lipinski definition) is 2. The minimum absolute atomic E-state index is 0.0230. The highest BCUT2D eigenvalue weighted by atomic mass is 32.1. The Balaban J connectivity index is 1.73. The van der Waals surface area contributed by atoms with Gasteiger partial charge in [0.05, 0.1) is 29.3 Å². The highest BCUT2D eigenvalue weighted by molar-refractivity contribution is 7.80. The number of aryl methyl sites for hydroxylation is 1. The van der Waals surface area contributed by atoms with E-state index in [0.717, 1.165) is 22.6 Å². The molecule has 0 bridgehead atoms. The van der Waals surface area contributed by atoms with E-state index in [9.17, 15) is 8.78 Å². The first kappa shape index (κ1) is 19.8. The molecule has 0 aliphatic rings. The maximum Gasteiger partial charge on any atom is 0.387 e. The minimum atomic E-state index is -2.91. The molecule has 28 heavy (non-hydrogen) atoms. The van der Waals surface area contributed by atoms with Gasteiger partial charge in [-0.1, -0.05) is 42.5 Å². The number of halogens is 2. The van der Waals surface area contributed by atoms with Gasteiger partial charge in [0, 0.05) is 0 Å². The highest BCUT2D eigenvalue weighted by Gasteiger charge is 2.15. The lowest BCUT2D eigenvalue weighted by Crippen LogP contribution is -2.20. The number of thiocarbonyl (C=S) groups is 1. The van der Waals surface area contributed by atoms with Crippen LogP contribution >= 0.6 is 12.2 Å². The van der Waals surface area contributed by atoms with Crippen molar-refractivity contribution in [2.24, 2.45) is 0 Å². The van der Waals surface area contributed by atoms with E-state index >= 15 is 0 Å². The third-order valence-electron chi connectivity index (χ3n) is 4.15. The van der Waals surface area contributed by atoms with Crippen LogP contribution < -0.4 is 15.4 Å². The second-order valence-corrected chi connectivity index (χ2v) is 6.55. The lowest BCUT2D eigenvalue weighted by molar-refractivity contribution is -0.0493. The fraction of sp³-hybridized carbons (Fsp3) is 0.200. The molecule has 5 nitrogen and oxygen atoms in total. The first-order chi connectivity index (χ1) is 13.4. The number of para-hydroxylation sites is 2. The van der Waals surface area contributed by atoms with Crippen LogP contribution in [0.4, 0.5) is 20.2 Å². The third-order valence-corrected chi connectivity index (χ3v) is 4.35. The van der Waals surface area contributed by atoms with Gasteiger partial charge in [-0.15, -0.1) is 0 Å². The van der Waals surface area contributed by atoms with Crippen molar-refractivity contribution in [2.45, 2.75) is 27.0 Å². The smallest absolute Gasteiger partial charge is 0.387 e. The number of nitrogens with zero attached hydrogens (tertiary/aromatic N) is 2. The predicted octanol–water partition coefficient (Wildman–Crippen LogP) is 4.96. The maximum atomic E-state index is 12.6. The van der Waals surface area contributed by atoms with E-state index in [0.29, 0.717) is 12.2 Å². The Bertz CT molecular complexity index is 960. The van der Waals surface area contributed by atoms with E-state index in [1.54, 1.807) is 18.2 Å². The van der Waals surface area contributed by atoms with Gasteiger partial charge in [0.1, 0.15) is 5.75 Å². The fourth-order valence-corrected chi connectivity index (χ4v) is 3.04. The number of nitrogens with one attached hydrogen (secondary N) is 2. The van der Waals surface area contributed by atoms with E-state index in [2.05, 4.69) is 20.5 Å². The molecule has 3 aromatic rings. The summed E-state index contributed by atoms with van der Waals surface area (Å²) in [5.41, 5.74) is 3.98. The van der Waals surface area contributed by atoms with Crippen LogP contribution in [0.15, 0.2) is 54.6 Å². The van der Waals surface area contributed by atoms with E-state index < -0.39 is 6.61 Å². The average Bonchev–Trinajstić information content (AvgIpc) is 2.91. The summed E-state index contributed by atoms with van der Waals surface area (Å²) >= 11 is 5.35. The fourth-order valence-electron chi connectivity index (χ4n) is 2.82. The van der Waals surface area contributed by atoms with Crippen LogP contribution in [-0.2, 0) is 6.54 Å². The third kappa shape index (κ3) is 4.83. The zero-order valence-corrected chi connectivity index (χ0v) is 16.3. The molecule has 0 atom stereocenters. The topological polar surface area (TPSA) is 51.1 Å². The van der Waals surface area contributed by atoms with Crippen LogP contribution in [-0.4, -0.2) is 21.5 Å². The molecule has 0 aliphatic carbocycles. The molecule has 146 valence electrons. The second-order valence-electron chi connectivity index (χ2n) is 6.14. The van der Waals surface area contributed by atoms with Gasteiger partial charge in [0.15, 0.2) is 5.11 Å². The van der Waals surface area contributed by atoms with Gasteiger partial charge in [-0.25, -0.2) is 0 Å². The van der Waals surface area contributed by atoms with Gasteiger partial charge in [0.2, 0.25) is 0 Å². The summed E-state index contributed by atoms with van der Waals surface area (Å²) in [7, 11) is 0. The number of alkyl halides is 2. The van der Waals surface area contributed by atoms with Gasteiger partial charge in [-0.3, -0.25) is 4.68 Å². The Kier molecular flexibility index (Phi) is 6.20. The molecule has 1 heterocycles. The van der Waals surface area contributed by atoms with Crippen LogP contribution in [0, 0.1) is 13.8 Å². The summed E-state index contributed by atoms with van der Waals surface area (Å²) in [6.07, 6.45) is 0. The van der Waals surface area contributed by atoms with Crippen molar-refractivity contribution in [3.8, 4) is 5.75 Å². The van der Waals surface area contributed by atoms with Crippen LogP contribution in [0.5, 0.6) is 5.75 Å². The summed E-state index contributed by atoms with van der Waals surface area (Å²) in [5.74, 6) is 0.0230. The largest absolute Gasteiger partial charge is 0.433 e. The summed E-state index contributed by atoms with van der Waals surface area (Å²) < 4.78 is 31.5. The molecule has 0 aliphatic heterocycles. The Labute approximate surface area is 167 Å². The molecule has 8 heteroatoms. The van der Waals surface area contributed by atoms with E-state index in [-0.39, 0.29) is 10.9 Å². The average molecular weight is 402 g/mol. The number of benzene rings is 2. The molecular formula is C20H20F2N4OS. The predicted molar refractivity (Wildman–Crippen MR) is 110 cm³/mol.